The number of ether oxygens (including phenoxy) is 1. The van der Waals surface area contributed by atoms with Crippen LogP contribution in [0.2, 0.25) is 0 Å². The summed E-state index contributed by atoms with van der Waals surface area (Å²) in [5.41, 5.74) is 5.40. The van der Waals surface area contributed by atoms with Crippen molar-refractivity contribution < 1.29 is 17.9 Å². The molecule has 0 radical (unpaired) electrons. The highest BCUT2D eigenvalue weighted by Gasteiger charge is 2.27. The standard InChI is InChI=1S/C26H29N3O4S/c1-19(2)33-24-12-10-22(11-13-24)17-27-28-26(30)18-29(23-15-20(3)14-21(4)16-23)34(31,32)25-8-6-5-7-9-25/h5-17,19H,18H2,1-4H3,(H,28,30)/b27-17-. The molecular formula is C26H29N3O4S. The molecule has 0 unspecified atom stereocenters. The average Bonchev–Trinajstić information content (AvgIpc) is 2.78. The molecule has 0 aliphatic carbocycles. The monoisotopic (exact) mass is 479 g/mol. The van der Waals surface area contributed by atoms with Crippen LogP contribution < -0.4 is 14.5 Å². The van der Waals surface area contributed by atoms with Crippen LogP contribution in [0.5, 0.6) is 5.75 Å². The van der Waals surface area contributed by atoms with Gasteiger partial charge in [0.15, 0.2) is 0 Å². The van der Waals surface area contributed by atoms with Gasteiger partial charge in [-0.15, -0.1) is 0 Å². The Labute approximate surface area is 201 Å². The Bertz CT molecular complexity index is 1230. The summed E-state index contributed by atoms with van der Waals surface area (Å²) in [7, 11) is -3.97. The fraction of sp³-hybridized carbons (Fsp3) is 0.231. The third kappa shape index (κ3) is 6.68. The van der Waals surface area contributed by atoms with Gasteiger partial charge in [0.25, 0.3) is 15.9 Å². The van der Waals surface area contributed by atoms with Crippen molar-refractivity contribution in [1.82, 2.24) is 5.43 Å². The van der Waals surface area contributed by atoms with Gasteiger partial charge in [-0.2, -0.15) is 5.10 Å². The summed E-state index contributed by atoms with van der Waals surface area (Å²) in [6, 6.07) is 20.7. The van der Waals surface area contributed by atoms with Crippen LogP contribution in [0.4, 0.5) is 5.69 Å². The number of sulfonamides is 1. The summed E-state index contributed by atoms with van der Waals surface area (Å²) in [4.78, 5) is 12.8. The summed E-state index contributed by atoms with van der Waals surface area (Å²) < 4.78 is 33.5. The highest BCUT2D eigenvalue weighted by Crippen LogP contribution is 2.25. The lowest BCUT2D eigenvalue weighted by Crippen LogP contribution is -2.39. The summed E-state index contributed by atoms with van der Waals surface area (Å²) in [5.74, 6) is 0.182. The Hall–Kier alpha value is -3.65. The first-order valence-corrected chi connectivity index (χ1v) is 12.3. The number of carbonyl (C=O) groups excluding carboxylic acids is 1. The van der Waals surface area contributed by atoms with Crippen LogP contribution in [0.25, 0.3) is 0 Å². The van der Waals surface area contributed by atoms with Crippen LogP contribution in [0.1, 0.15) is 30.5 Å². The Morgan fingerprint density at radius 1 is 1.00 bits per heavy atom. The highest BCUT2D eigenvalue weighted by atomic mass is 32.2. The molecule has 0 aromatic heterocycles. The van der Waals surface area contributed by atoms with Crippen LogP contribution in [0.15, 0.2) is 82.8 Å². The van der Waals surface area contributed by atoms with Gasteiger partial charge in [0, 0.05) is 0 Å². The van der Waals surface area contributed by atoms with Crippen molar-refractivity contribution in [3.63, 3.8) is 0 Å². The molecule has 1 N–H and O–H groups in total. The van der Waals surface area contributed by atoms with Crippen molar-refractivity contribution in [1.29, 1.82) is 0 Å². The summed E-state index contributed by atoms with van der Waals surface area (Å²) in [5, 5.41) is 3.98. The first kappa shape index (κ1) is 25.0. The molecule has 8 heteroatoms. The number of nitrogens with one attached hydrogen (secondary N) is 1. The number of anilines is 1. The maximum atomic E-state index is 13.4. The van der Waals surface area contributed by atoms with E-state index in [1.807, 2.05) is 58.0 Å². The Morgan fingerprint density at radius 3 is 2.21 bits per heavy atom. The number of hydrogen-bond acceptors (Lipinski definition) is 5. The molecule has 0 heterocycles. The fourth-order valence-corrected chi connectivity index (χ4v) is 4.80. The molecule has 178 valence electrons. The zero-order valence-corrected chi connectivity index (χ0v) is 20.5. The molecule has 0 saturated carbocycles. The van der Waals surface area contributed by atoms with Crippen molar-refractivity contribution in [2.24, 2.45) is 5.10 Å². The quantitative estimate of drug-likeness (QED) is 0.363. The van der Waals surface area contributed by atoms with Gasteiger partial charge < -0.3 is 4.74 Å². The lowest BCUT2D eigenvalue weighted by atomic mass is 10.1. The number of hydrazone groups is 1. The van der Waals surface area contributed by atoms with Gasteiger partial charge in [0.2, 0.25) is 0 Å². The van der Waals surface area contributed by atoms with Gasteiger partial charge in [0.1, 0.15) is 12.3 Å². The largest absolute Gasteiger partial charge is 0.491 e. The van der Waals surface area contributed by atoms with Gasteiger partial charge in [-0.1, -0.05) is 24.3 Å². The summed E-state index contributed by atoms with van der Waals surface area (Å²) in [6.07, 6.45) is 1.57. The number of benzene rings is 3. The zero-order valence-electron chi connectivity index (χ0n) is 19.7. The predicted octanol–water partition coefficient (Wildman–Crippen LogP) is 4.44. The summed E-state index contributed by atoms with van der Waals surface area (Å²) >= 11 is 0. The minimum atomic E-state index is -3.97. The van der Waals surface area contributed by atoms with Crippen LogP contribution in [0, 0.1) is 13.8 Å². The van der Waals surface area contributed by atoms with E-state index in [1.54, 1.807) is 30.3 Å². The first-order valence-electron chi connectivity index (χ1n) is 10.9. The van der Waals surface area contributed by atoms with E-state index in [0.717, 1.165) is 26.7 Å². The molecule has 0 spiro atoms. The minimum absolute atomic E-state index is 0.0751. The number of carbonyl (C=O) groups is 1. The van der Waals surface area contributed by atoms with Crippen molar-refractivity contribution in [3.8, 4) is 5.75 Å². The van der Waals surface area contributed by atoms with E-state index in [2.05, 4.69) is 10.5 Å². The molecule has 1 amide bonds. The second kappa shape index (κ2) is 11.0. The van der Waals surface area contributed by atoms with Crippen molar-refractivity contribution in [3.05, 3.63) is 89.5 Å². The van der Waals surface area contributed by atoms with Crippen LogP contribution >= 0.6 is 0 Å². The van der Waals surface area contributed by atoms with Gasteiger partial charge in [-0.3, -0.25) is 9.10 Å². The second-order valence-corrected chi connectivity index (χ2v) is 10.1. The SMILES string of the molecule is Cc1cc(C)cc(N(CC(=O)N/N=C\c2ccc(OC(C)C)cc2)S(=O)(=O)c2ccccc2)c1. The molecule has 0 atom stereocenters. The van der Waals surface area contributed by atoms with E-state index in [4.69, 9.17) is 4.74 Å². The fourth-order valence-electron chi connectivity index (χ4n) is 3.38. The van der Waals surface area contributed by atoms with E-state index in [9.17, 15) is 13.2 Å². The Balaban J connectivity index is 1.78. The van der Waals surface area contributed by atoms with Gasteiger partial charge in [0.05, 0.1) is 22.9 Å². The smallest absolute Gasteiger partial charge is 0.264 e. The first-order chi connectivity index (χ1) is 16.1. The number of nitrogens with zero attached hydrogens (tertiary/aromatic N) is 2. The highest BCUT2D eigenvalue weighted by molar-refractivity contribution is 7.92. The zero-order chi connectivity index (χ0) is 24.7. The number of rotatable bonds is 9. The molecule has 34 heavy (non-hydrogen) atoms. The predicted molar refractivity (Wildman–Crippen MR) is 135 cm³/mol. The maximum absolute atomic E-state index is 13.4. The van der Waals surface area contributed by atoms with Crippen LogP contribution in [0.3, 0.4) is 0 Å². The molecular weight excluding hydrogens is 450 g/mol. The third-order valence-corrected chi connectivity index (χ3v) is 6.56. The molecule has 0 saturated heterocycles. The van der Waals surface area contributed by atoms with E-state index in [0.29, 0.717) is 5.69 Å². The second-order valence-electron chi connectivity index (χ2n) is 8.20. The number of aryl methyl sites for hydroxylation is 2. The lowest BCUT2D eigenvalue weighted by Gasteiger charge is -2.24. The van der Waals surface area contributed by atoms with E-state index < -0.39 is 22.5 Å². The number of hydrogen-bond donors (Lipinski definition) is 1. The lowest BCUT2D eigenvalue weighted by molar-refractivity contribution is -0.119. The molecule has 3 aromatic carbocycles. The van der Waals surface area contributed by atoms with Gasteiger partial charge in [-0.05, 0) is 92.9 Å². The van der Waals surface area contributed by atoms with Crippen LogP contribution in [-0.2, 0) is 14.8 Å². The summed E-state index contributed by atoms with van der Waals surface area (Å²) in [6.45, 7) is 7.24. The minimum Gasteiger partial charge on any atom is -0.491 e. The normalized spacial score (nSPS) is 11.6. The molecule has 7 nitrogen and oxygen atoms in total. The molecule has 3 rings (SSSR count). The molecule has 0 fully saturated rings. The Kier molecular flexibility index (Phi) is 8.07. The van der Waals surface area contributed by atoms with Gasteiger partial charge in [-0.25, -0.2) is 13.8 Å². The molecule has 0 aliphatic rings. The van der Waals surface area contributed by atoms with E-state index in [1.165, 1.54) is 18.3 Å². The van der Waals surface area contributed by atoms with E-state index >= 15 is 0 Å². The average molecular weight is 480 g/mol. The number of amides is 1. The van der Waals surface area contributed by atoms with Crippen molar-refractivity contribution >= 4 is 27.8 Å². The topological polar surface area (TPSA) is 88.1 Å². The third-order valence-electron chi connectivity index (χ3n) is 4.77. The van der Waals surface area contributed by atoms with E-state index in [-0.39, 0.29) is 11.0 Å². The van der Waals surface area contributed by atoms with Gasteiger partial charge >= 0.3 is 0 Å². The van der Waals surface area contributed by atoms with Crippen LogP contribution in [-0.4, -0.2) is 33.2 Å². The molecule has 0 bridgehead atoms. The Morgan fingerprint density at radius 2 is 1.62 bits per heavy atom. The van der Waals surface area contributed by atoms with Crippen molar-refractivity contribution in [2.45, 2.75) is 38.7 Å². The molecule has 0 aliphatic heterocycles. The van der Waals surface area contributed by atoms with Crippen molar-refractivity contribution in [2.75, 3.05) is 10.8 Å². The maximum Gasteiger partial charge on any atom is 0.264 e. The molecule has 3 aromatic rings.